The summed E-state index contributed by atoms with van der Waals surface area (Å²) in [5, 5.41) is 2.95. The summed E-state index contributed by atoms with van der Waals surface area (Å²) in [7, 11) is 3.21. The number of benzene rings is 2. The van der Waals surface area contributed by atoms with E-state index in [2.05, 4.69) is 5.32 Å². The molecule has 0 aromatic heterocycles. The van der Waals surface area contributed by atoms with Crippen LogP contribution in [-0.2, 0) is 22.3 Å². The van der Waals surface area contributed by atoms with Gasteiger partial charge in [-0.05, 0) is 49.1 Å². The van der Waals surface area contributed by atoms with Crippen LogP contribution in [0.25, 0.3) is 0 Å². The zero-order valence-corrected chi connectivity index (χ0v) is 17.7. The first-order valence-corrected chi connectivity index (χ1v) is 9.95. The highest BCUT2D eigenvalue weighted by molar-refractivity contribution is 5.95. The van der Waals surface area contributed by atoms with Crippen LogP contribution in [0, 0.1) is 0 Å². The molecular formula is C23H29NO6. The van der Waals surface area contributed by atoms with E-state index in [4.69, 9.17) is 18.9 Å². The molecule has 30 heavy (non-hydrogen) atoms. The third kappa shape index (κ3) is 6.99. The molecule has 2 aromatic rings. The fourth-order valence-corrected chi connectivity index (χ4v) is 2.99. The maximum absolute atomic E-state index is 12.6. The van der Waals surface area contributed by atoms with E-state index in [9.17, 15) is 9.59 Å². The maximum atomic E-state index is 12.6. The number of methoxy groups -OCH3 is 2. The van der Waals surface area contributed by atoms with Gasteiger partial charge in [0.25, 0.3) is 5.91 Å². The zero-order chi connectivity index (χ0) is 21.8. The van der Waals surface area contributed by atoms with E-state index in [1.165, 1.54) is 0 Å². The Morgan fingerprint density at radius 2 is 1.70 bits per heavy atom. The van der Waals surface area contributed by atoms with Gasteiger partial charge in [-0.1, -0.05) is 24.3 Å². The van der Waals surface area contributed by atoms with Crippen LogP contribution in [0.1, 0.15) is 34.8 Å². The Labute approximate surface area is 177 Å². The van der Waals surface area contributed by atoms with Crippen LogP contribution in [0.3, 0.4) is 0 Å². The van der Waals surface area contributed by atoms with Crippen LogP contribution in [0.5, 0.6) is 11.5 Å². The first-order chi connectivity index (χ1) is 14.6. The molecule has 0 heterocycles. The smallest absolute Gasteiger partial charge is 0.493 e. The maximum Gasteiger partial charge on any atom is 0.508 e. The molecule has 7 heteroatoms. The Morgan fingerprint density at radius 1 is 0.933 bits per heavy atom. The number of aryl methyl sites for hydroxylation is 1. The van der Waals surface area contributed by atoms with Crippen molar-refractivity contribution in [2.45, 2.75) is 26.2 Å². The molecule has 0 spiro atoms. The summed E-state index contributed by atoms with van der Waals surface area (Å²) < 4.78 is 20.3. The zero-order valence-electron chi connectivity index (χ0n) is 17.7. The number of hydrogen-bond donors (Lipinski definition) is 1. The largest absolute Gasteiger partial charge is 0.508 e. The highest BCUT2D eigenvalue weighted by Gasteiger charge is 2.12. The normalized spacial score (nSPS) is 10.2. The molecule has 0 radical (unpaired) electrons. The van der Waals surface area contributed by atoms with Crippen molar-refractivity contribution in [3.63, 3.8) is 0 Å². The Bertz CT molecular complexity index is 836. The molecule has 0 saturated carbocycles. The van der Waals surface area contributed by atoms with Crippen molar-refractivity contribution in [1.29, 1.82) is 0 Å². The topological polar surface area (TPSA) is 83.1 Å². The third-order valence-corrected chi connectivity index (χ3v) is 4.49. The van der Waals surface area contributed by atoms with E-state index in [-0.39, 0.29) is 19.1 Å². The minimum Gasteiger partial charge on any atom is -0.493 e. The summed E-state index contributed by atoms with van der Waals surface area (Å²) in [5.74, 6) is 1.24. The second kappa shape index (κ2) is 12.4. The van der Waals surface area contributed by atoms with E-state index < -0.39 is 6.16 Å². The number of nitrogens with one attached hydrogen (secondary N) is 1. The van der Waals surface area contributed by atoms with Crippen molar-refractivity contribution in [2.24, 2.45) is 0 Å². The molecular weight excluding hydrogens is 386 g/mol. The first kappa shape index (κ1) is 23.1. The molecule has 0 aliphatic heterocycles. The number of amides is 1. The van der Waals surface area contributed by atoms with E-state index in [0.29, 0.717) is 30.0 Å². The molecule has 1 N–H and O–H groups in total. The summed E-state index contributed by atoms with van der Waals surface area (Å²) in [5.41, 5.74) is 2.51. The van der Waals surface area contributed by atoms with Crippen LogP contribution < -0.4 is 14.8 Å². The van der Waals surface area contributed by atoms with E-state index >= 15 is 0 Å². The van der Waals surface area contributed by atoms with Crippen LogP contribution in [0.4, 0.5) is 4.79 Å². The number of hydrogen-bond acceptors (Lipinski definition) is 6. The lowest BCUT2D eigenvalue weighted by atomic mass is 10.0. The van der Waals surface area contributed by atoms with Gasteiger partial charge in [-0.25, -0.2) is 4.79 Å². The van der Waals surface area contributed by atoms with Crippen molar-refractivity contribution < 1.29 is 28.5 Å². The van der Waals surface area contributed by atoms with Crippen molar-refractivity contribution >= 4 is 12.1 Å². The predicted molar refractivity (Wildman–Crippen MR) is 113 cm³/mol. The minimum absolute atomic E-state index is 0.144. The molecule has 7 nitrogen and oxygen atoms in total. The molecule has 0 aliphatic carbocycles. The van der Waals surface area contributed by atoms with Crippen LogP contribution in [0.15, 0.2) is 42.5 Å². The van der Waals surface area contributed by atoms with Crippen LogP contribution in [0.2, 0.25) is 0 Å². The molecule has 0 fully saturated rings. The number of carbonyl (C=O) groups excluding carboxylic acids is 2. The summed E-state index contributed by atoms with van der Waals surface area (Å²) in [6, 6.07) is 13.1. The van der Waals surface area contributed by atoms with Crippen LogP contribution >= 0.6 is 0 Å². The average molecular weight is 415 g/mol. The van der Waals surface area contributed by atoms with Gasteiger partial charge in [0.2, 0.25) is 0 Å². The summed E-state index contributed by atoms with van der Waals surface area (Å²) >= 11 is 0. The van der Waals surface area contributed by atoms with Gasteiger partial charge >= 0.3 is 6.16 Å². The number of ether oxygens (including phenoxy) is 4. The van der Waals surface area contributed by atoms with Gasteiger partial charge in [-0.2, -0.15) is 0 Å². The van der Waals surface area contributed by atoms with Gasteiger partial charge in [0.15, 0.2) is 11.5 Å². The molecule has 2 aromatic carbocycles. The SMILES string of the molecule is CCOC(=O)OCCc1ccccc1C(=O)NCCCc1ccc(OC)c(OC)c1. The minimum atomic E-state index is -0.699. The van der Waals surface area contributed by atoms with Gasteiger partial charge in [0.05, 0.1) is 27.4 Å². The monoisotopic (exact) mass is 415 g/mol. The lowest BCUT2D eigenvalue weighted by Crippen LogP contribution is -2.26. The van der Waals surface area contributed by atoms with Gasteiger partial charge in [0.1, 0.15) is 0 Å². The highest BCUT2D eigenvalue weighted by atomic mass is 16.7. The Morgan fingerprint density at radius 3 is 2.43 bits per heavy atom. The number of rotatable bonds is 11. The molecule has 2 rings (SSSR count). The van der Waals surface area contributed by atoms with E-state index in [1.54, 1.807) is 27.2 Å². The Kier molecular flexibility index (Phi) is 9.51. The fourth-order valence-electron chi connectivity index (χ4n) is 2.99. The average Bonchev–Trinajstić information content (AvgIpc) is 2.77. The van der Waals surface area contributed by atoms with Crippen molar-refractivity contribution in [3.05, 3.63) is 59.2 Å². The van der Waals surface area contributed by atoms with E-state index in [0.717, 1.165) is 24.0 Å². The second-order valence-corrected chi connectivity index (χ2v) is 6.49. The highest BCUT2D eigenvalue weighted by Crippen LogP contribution is 2.27. The quantitative estimate of drug-likeness (QED) is 0.444. The molecule has 0 unspecified atom stereocenters. The number of carbonyl (C=O) groups is 2. The second-order valence-electron chi connectivity index (χ2n) is 6.49. The lowest BCUT2D eigenvalue weighted by molar-refractivity contribution is 0.0599. The fraction of sp³-hybridized carbons (Fsp3) is 0.391. The standard InChI is InChI=1S/C23H29NO6/c1-4-29-23(26)30-15-13-18-9-5-6-10-19(18)22(25)24-14-7-8-17-11-12-20(27-2)21(16-17)28-3/h5-6,9-12,16H,4,7-8,13-15H2,1-3H3,(H,24,25). The van der Waals surface area contributed by atoms with E-state index in [1.807, 2.05) is 36.4 Å². The molecule has 0 aliphatic rings. The van der Waals surface area contributed by atoms with Gasteiger partial charge in [-0.15, -0.1) is 0 Å². The molecule has 1 amide bonds. The van der Waals surface area contributed by atoms with Gasteiger partial charge in [-0.3, -0.25) is 4.79 Å². The van der Waals surface area contributed by atoms with Gasteiger partial charge in [0, 0.05) is 18.5 Å². The van der Waals surface area contributed by atoms with Gasteiger partial charge < -0.3 is 24.3 Å². The molecule has 162 valence electrons. The lowest BCUT2D eigenvalue weighted by Gasteiger charge is -2.11. The Hall–Kier alpha value is -3.22. The third-order valence-electron chi connectivity index (χ3n) is 4.49. The summed E-state index contributed by atoms with van der Waals surface area (Å²) in [6.07, 6.45) is 1.33. The van der Waals surface area contributed by atoms with Crippen molar-refractivity contribution in [1.82, 2.24) is 5.32 Å². The summed E-state index contributed by atoms with van der Waals surface area (Å²) in [6.45, 7) is 2.68. The van der Waals surface area contributed by atoms with Crippen molar-refractivity contribution in [3.8, 4) is 11.5 Å². The molecule has 0 saturated heterocycles. The summed E-state index contributed by atoms with van der Waals surface area (Å²) in [4.78, 5) is 23.9. The molecule has 0 atom stereocenters. The first-order valence-electron chi connectivity index (χ1n) is 9.95. The van der Waals surface area contributed by atoms with Crippen molar-refractivity contribution in [2.75, 3.05) is 34.0 Å². The Balaban J connectivity index is 1.83. The predicted octanol–water partition coefficient (Wildman–Crippen LogP) is 3.78. The molecule has 0 bridgehead atoms. The van der Waals surface area contributed by atoms with Crippen LogP contribution in [-0.4, -0.2) is 46.0 Å².